The summed E-state index contributed by atoms with van der Waals surface area (Å²) in [6, 6.07) is 0. The van der Waals surface area contributed by atoms with Crippen LogP contribution < -0.4 is 0 Å². The number of allylic oxidation sites excluding steroid dienone is 2. The van der Waals surface area contributed by atoms with Gasteiger partial charge < -0.3 is 20.1 Å². The largest absolute Gasteiger partial charge is 0.461 e. The summed E-state index contributed by atoms with van der Waals surface area (Å²) in [5.41, 5.74) is 0.991. The van der Waals surface area contributed by atoms with Crippen LogP contribution in [-0.4, -0.2) is 51.5 Å². The van der Waals surface area contributed by atoms with Gasteiger partial charge in [-0.1, -0.05) is 39.0 Å². The zero-order chi connectivity index (χ0) is 22.4. The minimum atomic E-state index is -0.828. The van der Waals surface area contributed by atoms with Gasteiger partial charge in [0.1, 0.15) is 11.9 Å². The molecule has 6 heteroatoms. The van der Waals surface area contributed by atoms with Gasteiger partial charge in [-0.2, -0.15) is 0 Å². The predicted octanol–water partition coefficient (Wildman–Crippen LogP) is 2.94. The molecule has 0 heterocycles. The molecule has 0 saturated heterocycles. The van der Waals surface area contributed by atoms with E-state index in [1.807, 2.05) is 26.0 Å². The van der Waals surface area contributed by atoms with Gasteiger partial charge in [0.15, 0.2) is 0 Å². The standard InChI is InChI=1S/C24H38O6/c1-5-14(2)24(29)30-22-13-20(28)11-17-7-6-15(3)21(23(17)22)9-8-18(26)12-19(27)10-16(4)25/h6-7,11,14-15,18-23,26-28H,5,8-10,12-13H2,1-4H3. The molecule has 3 N–H and O–H groups in total. The highest BCUT2D eigenvalue weighted by Crippen LogP contribution is 2.44. The van der Waals surface area contributed by atoms with Crippen molar-refractivity contribution in [3.63, 3.8) is 0 Å². The van der Waals surface area contributed by atoms with E-state index in [4.69, 9.17) is 4.74 Å². The smallest absolute Gasteiger partial charge is 0.308 e. The molecule has 0 aromatic rings. The second-order valence-corrected chi connectivity index (χ2v) is 9.19. The van der Waals surface area contributed by atoms with Gasteiger partial charge in [-0.3, -0.25) is 9.59 Å². The van der Waals surface area contributed by atoms with E-state index in [2.05, 4.69) is 13.0 Å². The highest BCUT2D eigenvalue weighted by Gasteiger charge is 2.42. The first-order valence-corrected chi connectivity index (χ1v) is 11.3. The van der Waals surface area contributed by atoms with Gasteiger partial charge in [-0.15, -0.1) is 0 Å². The second-order valence-electron chi connectivity index (χ2n) is 9.19. The molecule has 0 bridgehead atoms. The van der Waals surface area contributed by atoms with Gasteiger partial charge in [-0.05, 0) is 50.0 Å². The van der Waals surface area contributed by atoms with E-state index in [0.717, 1.165) is 5.57 Å². The molecule has 0 spiro atoms. The molecular weight excluding hydrogens is 384 g/mol. The quantitative estimate of drug-likeness (QED) is 0.468. The Labute approximate surface area is 180 Å². The molecule has 0 radical (unpaired) electrons. The number of fused-ring (bicyclic) bond motifs is 1. The fourth-order valence-corrected chi connectivity index (χ4v) is 4.65. The third-order valence-electron chi connectivity index (χ3n) is 6.56. The van der Waals surface area contributed by atoms with Crippen molar-refractivity contribution in [1.29, 1.82) is 0 Å². The zero-order valence-electron chi connectivity index (χ0n) is 18.7. The number of rotatable bonds is 10. The lowest BCUT2D eigenvalue weighted by molar-refractivity contribution is -0.159. The fourth-order valence-electron chi connectivity index (χ4n) is 4.65. The third-order valence-corrected chi connectivity index (χ3v) is 6.56. The molecule has 0 aromatic carbocycles. The number of aliphatic hydroxyl groups excluding tert-OH is 3. The Hall–Kier alpha value is -1.50. The molecule has 2 aliphatic carbocycles. The van der Waals surface area contributed by atoms with E-state index >= 15 is 0 Å². The van der Waals surface area contributed by atoms with Crippen molar-refractivity contribution in [2.45, 2.75) is 90.6 Å². The van der Waals surface area contributed by atoms with E-state index in [9.17, 15) is 24.9 Å². The van der Waals surface area contributed by atoms with Crippen molar-refractivity contribution in [2.24, 2.45) is 23.7 Å². The van der Waals surface area contributed by atoms with Crippen molar-refractivity contribution in [1.82, 2.24) is 0 Å². The van der Waals surface area contributed by atoms with Crippen LogP contribution >= 0.6 is 0 Å². The Morgan fingerprint density at radius 1 is 1.27 bits per heavy atom. The van der Waals surface area contributed by atoms with Crippen molar-refractivity contribution in [3.8, 4) is 0 Å². The summed E-state index contributed by atoms with van der Waals surface area (Å²) in [7, 11) is 0. The number of carbonyl (C=O) groups is 2. The monoisotopic (exact) mass is 422 g/mol. The zero-order valence-corrected chi connectivity index (χ0v) is 18.7. The normalized spacial score (nSPS) is 31.3. The maximum atomic E-state index is 12.5. The first-order chi connectivity index (χ1) is 14.1. The predicted molar refractivity (Wildman–Crippen MR) is 114 cm³/mol. The van der Waals surface area contributed by atoms with Crippen molar-refractivity contribution < 1.29 is 29.6 Å². The maximum Gasteiger partial charge on any atom is 0.308 e. The summed E-state index contributed by atoms with van der Waals surface area (Å²) in [4.78, 5) is 23.6. The number of hydrogen-bond acceptors (Lipinski definition) is 6. The van der Waals surface area contributed by atoms with E-state index in [-0.39, 0.29) is 54.4 Å². The highest BCUT2D eigenvalue weighted by atomic mass is 16.5. The first-order valence-electron chi connectivity index (χ1n) is 11.3. The molecule has 2 aliphatic rings. The second kappa shape index (κ2) is 11.2. The molecule has 8 atom stereocenters. The summed E-state index contributed by atoms with van der Waals surface area (Å²) in [6.45, 7) is 7.34. The van der Waals surface area contributed by atoms with E-state index in [1.165, 1.54) is 6.92 Å². The summed E-state index contributed by atoms with van der Waals surface area (Å²) in [6.07, 6.45) is 5.94. The lowest BCUT2D eigenvalue weighted by Gasteiger charge is -2.43. The van der Waals surface area contributed by atoms with E-state index in [1.54, 1.807) is 0 Å². The Kier molecular flexibility index (Phi) is 9.26. The third kappa shape index (κ3) is 6.76. The highest BCUT2D eigenvalue weighted by molar-refractivity contribution is 5.75. The number of ketones is 1. The van der Waals surface area contributed by atoms with Crippen LogP contribution in [0.3, 0.4) is 0 Å². The number of carbonyl (C=O) groups excluding carboxylic acids is 2. The van der Waals surface area contributed by atoms with E-state index in [0.29, 0.717) is 25.7 Å². The minimum Gasteiger partial charge on any atom is -0.461 e. The minimum absolute atomic E-state index is 0.0178. The molecular formula is C24H38O6. The van der Waals surface area contributed by atoms with E-state index < -0.39 is 18.3 Å². The lowest BCUT2D eigenvalue weighted by atomic mass is 9.66. The van der Waals surface area contributed by atoms with Crippen molar-refractivity contribution in [3.05, 3.63) is 23.8 Å². The topological polar surface area (TPSA) is 104 Å². The summed E-state index contributed by atoms with van der Waals surface area (Å²) in [5.74, 6) is -0.136. The van der Waals surface area contributed by atoms with Gasteiger partial charge >= 0.3 is 5.97 Å². The molecule has 6 nitrogen and oxygen atoms in total. The van der Waals surface area contributed by atoms with Crippen LogP contribution in [0.5, 0.6) is 0 Å². The average Bonchev–Trinajstić information content (AvgIpc) is 2.65. The summed E-state index contributed by atoms with van der Waals surface area (Å²) < 4.78 is 5.86. The van der Waals surface area contributed by atoms with Crippen LogP contribution in [0, 0.1) is 23.7 Å². The number of Topliss-reactive ketones (excluding diaryl/α,β-unsaturated/α-hetero) is 1. The maximum absolute atomic E-state index is 12.5. The molecule has 0 aliphatic heterocycles. The number of esters is 1. The molecule has 2 rings (SSSR count). The van der Waals surface area contributed by atoms with Crippen LogP contribution in [0.15, 0.2) is 23.8 Å². The fraction of sp³-hybridized carbons (Fsp3) is 0.750. The SMILES string of the molecule is CCC(C)C(=O)OC1CC(O)C=C2C=CC(C)C(CCC(O)CC(O)CC(C)=O)C21. The summed E-state index contributed by atoms with van der Waals surface area (Å²) in [5, 5.41) is 30.6. The first kappa shape index (κ1) is 24.8. The molecule has 8 unspecified atom stereocenters. The lowest BCUT2D eigenvalue weighted by Crippen LogP contribution is -2.43. The van der Waals surface area contributed by atoms with Crippen molar-refractivity contribution in [2.75, 3.05) is 0 Å². The van der Waals surface area contributed by atoms with Crippen LogP contribution in [0.1, 0.15) is 66.2 Å². The van der Waals surface area contributed by atoms with Crippen molar-refractivity contribution >= 4 is 11.8 Å². The average molecular weight is 423 g/mol. The summed E-state index contributed by atoms with van der Waals surface area (Å²) >= 11 is 0. The molecule has 0 saturated carbocycles. The van der Waals surface area contributed by atoms with Crippen LogP contribution in [0.25, 0.3) is 0 Å². The number of hydrogen-bond donors (Lipinski definition) is 3. The Morgan fingerprint density at radius 3 is 2.60 bits per heavy atom. The van der Waals surface area contributed by atoms with Crippen LogP contribution in [-0.2, 0) is 14.3 Å². The van der Waals surface area contributed by atoms with Gasteiger partial charge in [-0.25, -0.2) is 0 Å². The molecule has 0 fully saturated rings. The molecule has 0 amide bonds. The Bertz CT molecular complexity index is 654. The molecule has 30 heavy (non-hydrogen) atoms. The van der Waals surface area contributed by atoms with Gasteiger partial charge in [0.05, 0.1) is 24.2 Å². The molecule has 0 aromatic heterocycles. The van der Waals surface area contributed by atoms with Crippen LogP contribution in [0.2, 0.25) is 0 Å². The van der Waals surface area contributed by atoms with Crippen LogP contribution in [0.4, 0.5) is 0 Å². The van der Waals surface area contributed by atoms with Gasteiger partial charge in [0.25, 0.3) is 0 Å². The Morgan fingerprint density at radius 2 is 1.97 bits per heavy atom. The van der Waals surface area contributed by atoms with Gasteiger partial charge in [0, 0.05) is 18.8 Å². The number of ether oxygens (including phenoxy) is 1. The molecule has 170 valence electrons. The Balaban J connectivity index is 2.09. The van der Waals surface area contributed by atoms with Gasteiger partial charge in [0.2, 0.25) is 0 Å². The number of aliphatic hydroxyl groups is 3.